The first-order chi connectivity index (χ1) is 11.2. The van der Waals surface area contributed by atoms with Crippen LogP contribution in [0.4, 0.5) is 11.5 Å². The summed E-state index contributed by atoms with van der Waals surface area (Å²) in [5.41, 5.74) is 3.76. The van der Waals surface area contributed by atoms with E-state index in [1.165, 1.54) is 41.8 Å². The fourth-order valence-corrected chi connectivity index (χ4v) is 5.29. The van der Waals surface area contributed by atoms with Crippen molar-refractivity contribution in [2.24, 2.45) is 5.92 Å². The number of rotatable bonds is 4. The Hall–Kier alpha value is -1.13. The first kappa shape index (κ1) is 15.4. The van der Waals surface area contributed by atoms with Gasteiger partial charge < -0.3 is 5.32 Å². The average molecular weight is 348 g/mol. The smallest absolute Gasteiger partial charge is 0.152 e. The second-order valence-electron chi connectivity index (χ2n) is 6.62. The molecule has 2 N–H and O–H groups in total. The van der Waals surface area contributed by atoms with E-state index < -0.39 is 0 Å². The summed E-state index contributed by atoms with van der Waals surface area (Å²) in [5.74, 6) is 3.56. The maximum atomic E-state index is 6.29. The molecule has 3 nitrogen and oxygen atoms in total. The van der Waals surface area contributed by atoms with E-state index in [9.17, 15) is 0 Å². The van der Waals surface area contributed by atoms with Crippen LogP contribution < -0.4 is 5.32 Å². The summed E-state index contributed by atoms with van der Waals surface area (Å²) in [5, 5.41) is 12.1. The summed E-state index contributed by atoms with van der Waals surface area (Å²) in [6.45, 7) is 2.30. The highest BCUT2D eigenvalue weighted by Crippen LogP contribution is 2.42. The van der Waals surface area contributed by atoms with Crippen LogP contribution in [0.15, 0.2) is 23.1 Å². The van der Waals surface area contributed by atoms with Crippen LogP contribution in [0.3, 0.4) is 0 Å². The summed E-state index contributed by atoms with van der Waals surface area (Å²) in [6, 6.07) is 6.24. The van der Waals surface area contributed by atoms with Crippen molar-refractivity contribution in [2.75, 3.05) is 11.1 Å². The van der Waals surface area contributed by atoms with Crippen LogP contribution >= 0.6 is 23.4 Å². The molecule has 0 radical (unpaired) electrons. The number of halogens is 1. The van der Waals surface area contributed by atoms with E-state index in [4.69, 9.17) is 11.6 Å². The number of H-pyrrole nitrogens is 1. The molecule has 0 saturated heterocycles. The predicted molar refractivity (Wildman–Crippen MR) is 98.1 cm³/mol. The fraction of sp³-hybridized carbons (Fsp3) is 0.500. The molecule has 2 aromatic rings. The maximum absolute atomic E-state index is 6.29. The van der Waals surface area contributed by atoms with Gasteiger partial charge in [-0.3, -0.25) is 5.10 Å². The highest BCUT2D eigenvalue weighted by Gasteiger charge is 2.26. The average Bonchev–Trinajstić information content (AvgIpc) is 3.29. The van der Waals surface area contributed by atoms with E-state index in [2.05, 4.69) is 34.6 Å². The topological polar surface area (TPSA) is 40.7 Å². The summed E-state index contributed by atoms with van der Waals surface area (Å²) in [6.07, 6.45) is 6.30. The fourth-order valence-electron chi connectivity index (χ4n) is 3.85. The largest absolute Gasteiger partial charge is 0.338 e. The molecule has 1 aromatic heterocycles. The minimum absolute atomic E-state index is 0.648. The van der Waals surface area contributed by atoms with Crippen LogP contribution in [0.5, 0.6) is 0 Å². The van der Waals surface area contributed by atoms with Crippen molar-refractivity contribution < 1.29 is 0 Å². The third-order valence-corrected chi connectivity index (χ3v) is 6.82. The van der Waals surface area contributed by atoms with Gasteiger partial charge in [-0.05, 0) is 49.3 Å². The van der Waals surface area contributed by atoms with Crippen molar-refractivity contribution in [3.05, 3.63) is 34.5 Å². The van der Waals surface area contributed by atoms with Crippen molar-refractivity contribution in [3.8, 4) is 0 Å². The standard InChI is InChI=1S/C18H22ClN3S/c1-2-11-3-4-12(9-11)16-10-17(22-21-16)20-15-6-5-14(19)18-13(15)7-8-23-18/h5-6,10-12H,2-4,7-9H2,1H3,(H2,20,21,22). The molecule has 122 valence electrons. The Balaban J connectivity index is 1.52. The van der Waals surface area contributed by atoms with Gasteiger partial charge in [-0.2, -0.15) is 5.10 Å². The lowest BCUT2D eigenvalue weighted by Gasteiger charge is -2.10. The van der Waals surface area contributed by atoms with Crippen molar-refractivity contribution in [2.45, 2.75) is 49.8 Å². The van der Waals surface area contributed by atoms with E-state index in [1.54, 1.807) is 0 Å². The number of aromatic nitrogens is 2. The van der Waals surface area contributed by atoms with Gasteiger partial charge in [0, 0.05) is 34.0 Å². The van der Waals surface area contributed by atoms with Crippen LogP contribution in [0.1, 0.15) is 49.8 Å². The summed E-state index contributed by atoms with van der Waals surface area (Å²) in [7, 11) is 0. The van der Waals surface area contributed by atoms with E-state index in [-0.39, 0.29) is 0 Å². The SMILES string of the molecule is CCC1CCC(c2cc(Nc3ccc(Cl)c4c3CCS4)n[nH]2)C1. The molecular formula is C18H22ClN3S. The number of hydrogen-bond donors (Lipinski definition) is 2. The predicted octanol–water partition coefficient (Wildman–Crippen LogP) is 5.75. The Kier molecular flexibility index (Phi) is 4.29. The quantitative estimate of drug-likeness (QED) is 0.739. The number of nitrogens with zero attached hydrogens (tertiary/aromatic N) is 1. The number of benzene rings is 1. The Morgan fingerprint density at radius 3 is 3.13 bits per heavy atom. The van der Waals surface area contributed by atoms with Gasteiger partial charge in [0.2, 0.25) is 0 Å². The minimum atomic E-state index is 0.648. The second-order valence-corrected chi connectivity index (χ2v) is 8.13. The third kappa shape index (κ3) is 2.99. The van der Waals surface area contributed by atoms with Gasteiger partial charge in [-0.1, -0.05) is 24.9 Å². The van der Waals surface area contributed by atoms with Crippen molar-refractivity contribution in [3.63, 3.8) is 0 Å². The second kappa shape index (κ2) is 6.40. The number of nitrogens with one attached hydrogen (secondary N) is 2. The van der Waals surface area contributed by atoms with Gasteiger partial charge in [0.05, 0.1) is 5.02 Å². The Morgan fingerprint density at radius 1 is 1.39 bits per heavy atom. The molecule has 1 saturated carbocycles. The van der Waals surface area contributed by atoms with E-state index >= 15 is 0 Å². The highest BCUT2D eigenvalue weighted by atomic mass is 35.5. The van der Waals surface area contributed by atoms with Gasteiger partial charge in [-0.25, -0.2) is 0 Å². The molecule has 1 fully saturated rings. The van der Waals surface area contributed by atoms with E-state index in [0.29, 0.717) is 5.92 Å². The van der Waals surface area contributed by atoms with Gasteiger partial charge in [0.15, 0.2) is 5.82 Å². The first-order valence-electron chi connectivity index (χ1n) is 8.51. The van der Waals surface area contributed by atoms with Crippen LogP contribution in [0.25, 0.3) is 0 Å². The molecule has 2 aliphatic rings. The van der Waals surface area contributed by atoms with Crippen LogP contribution in [0.2, 0.25) is 5.02 Å². The van der Waals surface area contributed by atoms with E-state index in [1.807, 2.05) is 17.8 Å². The zero-order valence-electron chi connectivity index (χ0n) is 13.4. The molecule has 0 spiro atoms. The lowest BCUT2D eigenvalue weighted by molar-refractivity contribution is 0.519. The van der Waals surface area contributed by atoms with Gasteiger partial charge in [-0.15, -0.1) is 11.8 Å². The zero-order valence-corrected chi connectivity index (χ0v) is 14.9. The van der Waals surface area contributed by atoms with Crippen molar-refractivity contribution in [1.82, 2.24) is 10.2 Å². The van der Waals surface area contributed by atoms with Crippen LogP contribution in [-0.4, -0.2) is 16.0 Å². The number of thioether (sulfide) groups is 1. The highest BCUT2D eigenvalue weighted by molar-refractivity contribution is 7.99. The summed E-state index contributed by atoms with van der Waals surface area (Å²) in [4.78, 5) is 1.23. The first-order valence-corrected chi connectivity index (χ1v) is 9.87. The monoisotopic (exact) mass is 347 g/mol. The number of anilines is 2. The minimum Gasteiger partial charge on any atom is -0.338 e. The lowest BCUT2D eigenvalue weighted by Crippen LogP contribution is -1.96. The summed E-state index contributed by atoms with van der Waals surface area (Å²) >= 11 is 8.14. The third-order valence-electron chi connectivity index (χ3n) is 5.23. The molecule has 4 rings (SSSR count). The van der Waals surface area contributed by atoms with Gasteiger partial charge in [0.25, 0.3) is 0 Å². The molecule has 0 amide bonds. The molecule has 2 heterocycles. The normalized spacial score (nSPS) is 23.2. The van der Waals surface area contributed by atoms with Gasteiger partial charge in [0.1, 0.15) is 0 Å². The van der Waals surface area contributed by atoms with Crippen molar-refractivity contribution >= 4 is 34.9 Å². The molecule has 1 aliphatic carbocycles. The Morgan fingerprint density at radius 2 is 2.30 bits per heavy atom. The van der Waals surface area contributed by atoms with Crippen LogP contribution in [-0.2, 0) is 6.42 Å². The molecule has 1 aromatic carbocycles. The summed E-state index contributed by atoms with van der Waals surface area (Å²) < 4.78 is 0. The molecular weight excluding hydrogens is 326 g/mol. The van der Waals surface area contributed by atoms with E-state index in [0.717, 1.165) is 34.6 Å². The molecule has 5 heteroatoms. The molecule has 1 aliphatic heterocycles. The van der Waals surface area contributed by atoms with Crippen molar-refractivity contribution in [1.29, 1.82) is 0 Å². The van der Waals surface area contributed by atoms with Gasteiger partial charge >= 0.3 is 0 Å². The zero-order chi connectivity index (χ0) is 15.8. The van der Waals surface area contributed by atoms with Crippen LogP contribution in [0, 0.1) is 5.92 Å². The molecule has 2 atom stereocenters. The number of hydrogen-bond acceptors (Lipinski definition) is 3. The molecule has 23 heavy (non-hydrogen) atoms. The number of fused-ring (bicyclic) bond motifs is 1. The Bertz CT molecular complexity index is 712. The lowest BCUT2D eigenvalue weighted by atomic mass is 10.0. The molecule has 0 bridgehead atoms. The Labute approximate surface area is 146 Å². The number of aromatic amines is 1. The maximum Gasteiger partial charge on any atom is 0.152 e. The molecule has 2 unspecified atom stereocenters.